The predicted octanol–water partition coefficient (Wildman–Crippen LogP) is 4.28. The number of carbonyl (C=O) groups is 2. The van der Waals surface area contributed by atoms with Crippen LogP contribution in [0.1, 0.15) is 33.6 Å². The molecule has 1 saturated heterocycles. The molecule has 2 amide bonds. The minimum Gasteiger partial charge on any atom is -0.496 e. The number of likely N-dealkylation sites (tertiary alicyclic amines) is 1. The summed E-state index contributed by atoms with van der Waals surface area (Å²) in [5.74, 6) is -0.0920. The van der Waals surface area contributed by atoms with Crippen molar-refractivity contribution in [3.63, 3.8) is 0 Å². The third-order valence-corrected chi connectivity index (χ3v) is 9.05. The number of rotatable bonds is 3. The zero-order valence-electron chi connectivity index (χ0n) is 27.6. The first-order valence-corrected chi connectivity index (χ1v) is 16.4. The lowest BCUT2D eigenvalue weighted by molar-refractivity contribution is -0.123. The molecule has 2 atom stereocenters. The summed E-state index contributed by atoms with van der Waals surface area (Å²) in [5, 5.41) is 5.91. The number of aromatic nitrogens is 2. The third kappa shape index (κ3) is 7.01. The fraction of sp³-hybridized carbons (Fsp3) is 0.263. The van der Waals surface area contributed by atoms with Gasteiger partial charge in [-0.25, -0.2) is 9.37 Å². The van der Waals surface area contributed by atoms with Crippen LogP contribution in [0.5, 0.6) is 17.2 Å². The minimum absolute atomic E-state index is 0.121. The molecule has 2 N–H and O–H groups in total. The number of fused-ring (bicyclic) bond motifs is 8. The van der Waals surface area contributed by atoms with E-state index in [4.69, 9.17) is 19.2 Å². The van der Waals surface area contributed by atoms with Crippen molar-refractivity contribution in [3.05, 3.63) is 124 Å². The number of hydrogen-bond donors (Lipinski definition) is 2. The average molecular weight is 678 g/mol. The van der Waals surface area contributed by atoms with Crippen LogP contribution in [0.25, 0.3) is 16.8 Å². The van der Waals surface area contributed by atoms with Crippen molar-refractivity contribution >= 4 is 17.5 Å². The quantitative estimate of drug-likeness (QED) is 0.290. The maximum atomic E-state index is 15.3. The highest BCUT2D eigenvalue weighted by Gasteiger charge is 2.33. The first-order chi connectivity index (χ1) is 24.2. The molecular formula is C38H36FN5O6. The molecule has 1 fully saturated rings. The summed E-state index contributed by atoms with van der Waals surface area (Å²) in [5.41, 5.74) is 3.83. The summed E-state index contributed by atoms with van der Waals surface area (Å²) >= 11 is 0. The van der Waals surface area contributed by atoms with Crippen molar-refractivity contribution in [2.75, 3.05) is 26.8 Å². The van der Waals surface area contributed by atoms with E-state index in [9.17, 15) is 14.4 Å². The van der Waals surface area contributed by atoms with E-state index in [-0.39, 0.29) is 30.2 Å². The molecule has 0 spiro atoms. The molecule has 8 rings (SSSR count). The van der Waals surface area contributed by atoms with E-state index in [0.29, 0.717) is 65.8 Å². The molecule has 0 unspecified atom stereocenters. The van der Waals surface area contributed by atoms with Crippen LogP contribution in [0.4, 0.5) is 4.39 Å². The van der Waals surface area contributed by atoms with Crippen molar-refractivity contribution in [2.45, 2.75) is 38.6 Å². The second kappa shape index (κ2) is 14.0. The number of aryl methyl sites for hydroxylation is 1. The molecule has 5 aromatic rings. The van der Waals surface area contributed by atoms with Crippen molar-refractivity contribution in [1.82, 2.24) is 24.9 Å². The van der Waals surface area contributed by atoms with Gasteiger partial charge in [0.2, 0.25) is 0 Å². The van der Waals surface area contributed by atoms with Crippen LogP contribution in [-0.4, -0.2) is 65.1 Å². The SMILES string of the molecule is COc1cc2ccc1CNC(=O)COc1cccc(c1)-c1ccc(F)c(c1)C(=O)N[C@@H]1CN(Cc3cc(=O)n4cccc(C)c4n3)CC[C@@H]1O2. The van der Waals surface area contributed by atoms with E-state index in [0.717, 1.165) is 11.1 Å². The maximum absolute atomic E-state index is 15.3. The van der Waals surface area contributed by atoms with Gasteiger partial charge in [0, 0.05) is 50.1 Å². The van der Waals surface area contributed by atoms with Crippen molar-refractivity contribution < 1.29 is 28.2 Å². The molecule has 3 aromatic carbocycles. The maximum Gasteiger partial charge on any atom is 0.258 e. The number of piperidine rings is 1. The predicted molar refractivity (Wildman–Crippen MR) is 184 cm³/mol. The van der Waals surface area contributed by atoms with Crippen LogP contribution in [0.2, 0.25) is 0 Å². The zero-order valence-corrected chi connectivity index (χ0v) is 27.6. The first kappa shape index (κ1) is 32.8. The molecule has 0 radical (unpaired) electrons. The fourth-order valence-electron chi connectivity index (χ4n) is 6.44. The van der Waals surface area contributed by atoms with Crippen molar-refractivity contribution in [3.8, 4) is 28.4 Å². The fourth-order valence-corrected chi connectivity index (χ4v) is 6.44. The number of pyridine rings is 1. The molecule has 0 aliphatic carbocycles. The summed E-state index contributed by atoms with van der Waals surface area (Å²) in [7, 11) is 1.54. The average Bonchev–Trinajstić information content (AvgIpc) is 3.11. The van der Waals surface area contributed by atoms with E-state index >= 15 is 4.39 Å². The van der Waals surface area contributed by atoms with Gasteiger partial charge in [0.1, 0.15) is 34.8 Å². The van der Waals surface area contributed by atoms with Gasteiger partial charge in [-0.15, -0.1) is 0 Å². The number of nitrogens with one attached hydrogen (secondary N) is 2. The first-order valence-electron chi connectivity index (χ1n) is 16.4. The topological polar surface area (TPSA) is 124 Å². The standard InChI is InChI=1S/C38H36FN5O6/c1-23-5-4-13-44-36(46)17-27(41-37(23)44)20-43-14-12-33-32(21-43)42-38(47)30-16-25(9-11-31(30)39)24-6-3-7-28(15-24)49-22-35(45)40-19-26-8-10-29(50-33)18-34(26)48-2/h3-11,13,15-18,32-33H,12,14,19-22H2,1-2H3,(H,40,45)(H,42,47)/t32-,33+/m1/s1. The molecule has 3 aliphatic rings. The minimum atomic E-state index is -0.667. The largest absolute Gasteiger partial charge is 0.496 e. The summed E-state index contributed by atoms with van der Waals surface area (Å²) in [6.45, 7) is 3.23. The Morgan fingerprint density at radius 2 is 1.84 bits per heavy atom. The van der Waals surface area contributed by atoms with E-state index in [1.165, 1.54) is 29.7 Å². The molecule has 6 bridgehead atoms. The molecule has 2 aromatic heterocycles. The summed E-state index contributed by atoms with van der Waals surface area (Å²) in [6, 6.07) is 21.4. The van der Waals surface area contributed by atoms with Crippen molar-refractivity contribution in [1.29, 1.82) is 0 Å². The lowest BCUT2D eigenvalue weighted by atomic mass is 9.99. The van der Waals surface area contributed by atoms with Crippen LogP contribution >= 0.6 is 0 Å². The molecule has 5 heterocycles. The Kier molecular flexibility index (Phi) is 9.18. The Morgan fingerprint density at radius 3 is 2.70 bits per heavy atom. The Morgan fingerprint density at radius 1 is 0.980 bits per heavy atom. The number of methoxy groups -OCH3 is 1. The molecule has 12 heteroatoms. The highest BCUT2D eigenvalue weighted by molar-refractivity contribution is 5.96. The molecule has 256 valence electrons. The van der Waals surface area contributed by atoms with Gasteiger partial charge >= 0.3 is 0 Å². The molecule has 11 nitrogen and oxygen atoms in total. The highest BCUT2D eigenvalue weighted by Crippen LogP contribution is 2.29. The number of amides is 2. The van der Waals surface area contributed by atoms with Gasteiger partial charge in [0.05, 0.1) is 24.4 Å². The molecule has 3 aliphatic heterocycles. The number of ether oxygens (including phenoxy) is 3. The number of carbonyl (C=O) groups excluding carboxylic acids is 2. The van der Waals surface area contributed by atoms with Gasteiger partial charge in [0.15, 0.2) is 6.61 Å². The van der Waals surface area contributed by atoms with E-state index in [2.05, 4.69) is 15.5 Å². The Balaban J connectivity index is 1.22. The van der Waals surface area contributed by atoms with E-state index in [1.807, 2.05) is 31.2 Å². The van der Waals surface area contributed by atoms with Gasteiger partial charge in [-0.1, -0.05) is 24.3 Å². The highest BCUT2D eigenvalue weighted by atomic mass is 19.1. The Hall–Kier alpha value is -5.75. The summed E-state index contributed by atoms with van der Waals surface area (Å²) in [6.07, 6.45) is 1.74. The molecular weight excluding hydrogens is 641 g/mol. The van der Waals surface area contributed by atoms with Gasteiger partial charge in [-0.2, -0.15) is 0 Å². The normalized spacial score (nSPS) is 18.3. The number of benzene rings is 3. The summed E-state index contributed by atoms with van der Waals surface area (Å²) in [4.78, 5) is 46.3. The monoisotopic (exact) mass is 677 g/mol. The molecule has 50 heavy (non-hydrogen) atoms. The lowest BCUT2D eigenvalue weighted by Crippen LogP contribution is -2.56. The van der Waals surface area contributed by atoms with Crippen LogP contribution in [0.15, 0.2) is 89.9 Å². The van der Waals surface area contributed by atoms with Gasteiger partial charge in [-0.3, -0.25) is 23.7 Å². The van der Waals surface area contributed by atoms with E-state index in [1.54, 1.807) is 42.6 Å². The van der Waals surface area contributed by atoms with Gasteiger partial charge < -0.3 is 24.8 Å². The lowest BCUT2D eigenvalue weighted by Gasteiger charge is -2.38. The number of halogens is 1. The van der Waals surface area contributed by atoms with Crippen LogP contribution in [-0.2, 0) is 17.9 Å². The molecule has 0 saturated carbocycles. The Bertz CT molecular complexity index is 2150. The second-order valence-electron chi connectivity index (χ2n) is 12.5. The Labute approximate surface area is 287 Å². The van der Waals surface area contributed by atoms with Crippen LogP contribution in [0.3, 0.4) is 0 Å². The van der Waals surface area contributed by atoms with Gasteiger partial charge in [0.25, 0.3) is 17.4 Å². The van der Waals surface area contributed by atoms with E-state index < -0.39 is 23.9 Å². The zero-order chi connectivity index (χ0) is 34.8. The second-order valence-corrected chi connectivity index (χ2v) is 12.5. The third-order valence-electron chi connectivity index (χ3n) is 9.05. The summed E-state index contributed by atoms with van der Waals surface area (Å²) < 4.78 is 34.7. The van der Waals surface area contributed by atoms with Gasteiger partial charge in [-0.05, 0) is 72.5 Å². The van der Waals surface area contributed by atoms with Crippen LogP contribution < -0.4 is 30.4 Å². The van der Waals surface area contributed by atoms with Crippen LogP contribution in [0, 0.1) is 12.7 Å². The number of hydrogen-bond acceptors (Lipinski definition) is 8. The van der Waals surface area contributed by atoms with Crippen molar-refractivity contribution in [2.24, 2.45) is 0 Å². The number of nitrogens with zero attached hydrogens (tertiary/aromatic N) is 3. The smallest absolute Gasteiger partial charge is 0.258 e.